The molecule has 0 fully saturated rings. The summed E-state index contributed by atoms with van der Waals surface area (Å²) >= 11 is 9.23. The van der Waals surface area contributed by atoms with Gasteiger partial charge in [-0.15, -0.1) is 0 Å². The van der Waals surface area contributed by atoms with Gasteiger partial charge in [-0.25, -0.2) is 4.79 Å². The maximum Gasteiger partial charge on any atom is 0.330 e. The van der Waals surface area contributed by atoms with Crippen LogP contribution in [-0.2, 0) is 4.79 Å². The van der Waals surface area contributed by atoms with Crippen molar-refractivity contribution in [1.29, 1.82) is 0 Å². The number of hydrogen-bond acceptors (Lipinski definition) is 3. The number of aliphatic carboxylic acids is 1. The van der Waals surface area contributed by atoms with Crippen molar-refractivity contribution in [2.75, 3.05) is 12.4 Å². The Morgan fingerprint density at radius 3 is 2.48 bits per heavy atom. The van der Waals surface area contributed by atoms with E-state index in [0.717, 1.165) is 0 Å². The number of methoxy groups -OCH3 is 1. The Labute approximate surface area is 135 Å². The van der Waals surface area contributed by atoms with Crippen LogP contribution in [0.2, 0.25) is 5.02 Å². The van der Waals surface area contributed by atoms with Gasteiger partial charge in [0.05, 0.1) is 7.11 Å². The quantitative estimate of drug-likeness (QED) is 0.821. The molecular formula is C15H13BrClNO3. The summed E-state index contributed by atoms with van der Waals surface area (Å²) in [5.41, 5.74) is 1.28. The molecule has 0 amide bonds. The maximum absolute atomic E-state index is 11.5. The Morgan fingerprint density at radius 1 is 1.29 bits per heavy atom. The van der Waals surface area contributed by atoms with E-state index < -0.39 is 12.0 Å². The van der Waals surface area contributed by atoms with E-state index in [-0.39, 0.29) is 0 Å². The molecule has 2 aromatic rings. The summed E-state index contributed by atoms with van der Waals surface area (Å²) in [4.78, 5) is 11.5. The molecule has 21 heavy (non-hydrogen) atoms. The SMILES string of the molecule is COc1ccc(NC(C(=O)O)c2ccc(Cl)cc2Br)cc1. The van der Waals surface area contributed by atoms with Crippen molar-refractivity contribution in [3.8, 4) is 5.75 Å². The van der Waals surface area contributed by atoms with E-state index in [0.29, 0.717) is 26.5 Å². The largest absolute Gasteiger partial charge is 0.497 e. The van der Waals surface area contributed by atoms with E-state index in [9.17, 15) is 9.90 Å². The predicted octanol–water partition coefficient (Wildman–Crippen LogP) is 4.35. The molecule has 2 rings (SSSR count). The Morgan fingerprint density at radius 2 is 1.95 bits per heavy atom. The number of rotatable bonds is 5. The average molecular weight is 371 g/mol. The zero-order valence-electron chi connectivity index (χ0n) is 11.1. The van der Waals surface area contributed by atoms with Gasteiger partial charge in [-0.1, -0.05) is 33.6 Å². The lowest BCUT2D eigenvalue weighted by Crippen LogP contribution is -2.20. The van der Waals surface area contributed by atoms with Gasteiger partial charge in [-0.2, -0.15) is 0 Å². The van der Waals surface area contributed by atoms with E-state index in [4.69, 9.17) is 16.3 Å². The molecule has 0 aromatic heterocycles. The molecule has 1 unspecified atom stereocenters. The van der Waals surface area contributed by atoms with Gasteiger partial charge in [0.2, 0.25) is 0 Å². The zero-order chi connectivity index (χ0) is 15.4. The highest BCUT2D eigenvalue weighted by Gasteiger charge is 2.22. The summed E-state index contributed by atoms with van der Waals surface area (Å²) in [7, 11) is 1.58. The molecule has 0 aliphatic carbocycles. The van der Waals surface area contributed by atoms with Gasteiger partial charge in [-0.3, -0.25) is 0 Å². The summed E-state index contributed by atoms with van der Waals surface area (Å²) in [6.45, 7) is 0. The van der Waals surface area contributed by atoms with Crippen LogP contribution in [0, 0.1) is 0 Å². The molecule has 110 valence electrons. The van der Waals surface area contributed by atoms with E-state index in [1.807, 2.05) is 0 Å². The van der Waals surface area contributed by atoms with E-state index in [1.165, 1.54) is 0 Å². The molecule has 1 atom stereocenters. The summed E-state index contributed by atoms with van der Waals surface area (Å²) in [5.74, 6) is -0.270. The van der Waals surface area contributed by atoms with Gasteiger partial charge in [0.25, 0.3) is 0 Å². The molecule has 0 saturated heterocycles. The molecule has 0 bridgehead atoms. The minimum Gasteiger partial charge on any atom is -0.497 e. The maximum atomic E-state index is 11.5. The first-order chi connectivity index (χ1) is 10.0. The summed E-state index contributed by atoms with van der Waals surface area (Å²) in [6, 6.07) is 11.2. The number of carboxylic acid groups (broad SMARTS) is 1. The first kappa shape index (κ1) is 15.7. The fraction of sp³-hybridized carbons (Fsp3) is 0.133. The monoisotopic (exact) mass is 369 g/mol. The van der Waals surface area contributed by atoms with Crippen LogP contribution >= 0.6 is 27.5 Å². The lowest BCUT2D eigenvalue weighted by Gasteiger charge is -2.18. The topological polar surface area (TPSA) is 58.6 Å². The Bertz CT molecular complexity index is 646. The molecule has 4 nitrogen and oxygen atoms in total. The van der Waals surface area contributed by atoms with Crippen molar-refractivity contribution in [3.05, 3.63) is 57.5 Å². The summed E-state index contributed by atoms with van der Waals surface area (Å²) < 4.78 is 5.71. The number of ether oxygens (including phenoxy) is 1. The van der Waals surface area contributed by atoms with Gasteiger partial charge < -0.3 is 15.2 Å². The predicted molar refractivity (Wildman–Crippen MR) is 86.1 cm³/mol. The molecule has 0 heterocycles. The molecule has 6 heteroatoms. The second-order valence-corrected chi connectivity index (χ2v) is 5.60. The third kappa shape index (κ3) is 3.89. The van der Waals surface area contributed by atoms with Crippen LogP contribution in [0.15, 0.2) is 46.9 Å². The van der Waals surface area contributed by atoms with Crippen LogP contribution in [0.4, 0.5) is 5.69 Å². The highest BCUT2D eigenvalue weighted by Crippen LogP contribution is 2.29. The van der Waals surface area contributed by atoms with Crippen molar-refractivity contribution in [2.45, 2.75) is 6.04 Å². The van der Waals surface area contributed by atoms with Crippen molar-refractivity contribution in [2.24, 2.45) is 0 Å². The van der Waals surface area contributed by atoms with Crippen LogP contribution in [0.3, 0.4) is 0 Å². The van der Waals surface area contributed by atoms with Gasteiger partial charge in [0.1, 0.15) is 5.75 Å². The molecule has 0 spiro atoms. The standard InChI is InChI=1S/C15H13BrClNO3/c1-21-11-5-3-10(4-6-11)18-14(15(19)20)12-7-2-9(17)8-13(12)16/h2-8,14,18H,1H3,(H,19,20). The van der Waals surface area contributed by atoms with Crippen LogP contribution in [0.25, 0.3) is 0 Å². The van der Waals surface area contributed by atoms with E-state index >= 15 is 0 Å². The Hall–Kier alpha value is -1.72. The Balaban J connectivity index is 2.28. The van der Waals surface area contributed by atoms with Crippen molar-refractivity contribution in [3.63, 3.8) is 0 Å². The van der Waals surface area contributed by atoms with Crippen molar-refractivity contribution >= 4 is 39.2 Å². The Kier molecular flexibility index (Phi) is 5.09. The average Bonchev–Trinajstić information content (AvgIpc) is 2.46. The third-order valence-corrected chi connectivity index (χ3v) is 3.84. The van der Waals surface area contributed by atoms with Gasteiger partial charge in [-0.05, 0) is 42.0 Å². The van der Waals surface area contributed by atoms with Crippen LogP contribution in [0.1, 0.15) is 11.6 Å². The van der Waals surface area contributed by atoms with Crippen LogP contribution in [0.5, 0.6) is 5.75 Å². The minimum atomic E-state index is -0.978. The highest BCUT2D eigenvalue weighted by molar-refractivity contribution is 9.10. The van der Waals surface area contributed by atoms with E-state index in [1.54, 1.807) is 49.6 Å². The van der Waals surface area contributed by atoms with Gasteiger partial charge in [0.15, 0.2) is 6.04 Å². The number of benzene rings is 2. The third-order valence-electron chi connectivity index (χ3n) is 2.92. The normalized spacial score (nSPS) is 11.8. The fourth-order valence-electron chi connectivity index (χ4n) is 1.86. The molecule has 2 aromatic carbocycles. The summed E-state index contributed by atoms with van der Waals surface area (Å²) in [5, 5.41) is 13.0. The van der Waals surface area contributed by atoms with Crippen LogP contribution in [-0.4, -0.2) is 18.2 Å². The zero-order valence-corrected chi connectivity index (χ0v) is 13.5. The number of halogens is 2. The fourth-order valence-corrected chi connectivity index (χ4v) is 2.77. The van der Waals surface area contributed by atoms with Gasteiger partial charge in [0, 0.05) is 15.2 Å². The number of anilines is 1. The summed E-state index contributed by atoms with van der Waals surface area (Å²) in [6.07, 6.45) is 0. The van der Waals surface area contributed by atoms with Crippen molar-refractivity contribution < 1.29 is 14.6 Å². The number of nitrogens with one attached hydrogen (secondary N) is 1. The second-order valence-electron chi connectivity index (χ2n) is 4.31. The molecule has 0 aliphatic rings. The number of carboxylic acids is 1. The number of carbonyl (C=O) groups is 1. The molecule has 2 N–H and O–H groups in total. The molecule has 0 radical (unpaired) electrons. The number of hydrogen-bond donors (Lipinski definition) is 2. The highest BCUT2D eigenvalue weighted by atomic mass is 79.9. The van der Waals surface area contributed by atoms with E-state index in [2.05, 4.69) is 21.2 Å². The van der Waals surface area contributed by atoms with Crippen LogP contribution < -0.4 is 10.1 Å². The molecule has 0 aliphatic heterocycles. The first-order valence-electron chi connectivity index (χ1n) is 6.09. The minimum absolute atomic E-state index is 0.541. The molecule has 0 saturated carbocycles. The van der Waals surface area contributed by atoms with Gasteiger partial charge >= 0.3 is 5.97 Å². The lowest BCUT2D eigenvalue weighted by atomic mass is 10.1. The van der Waals surface area contributed by atoms with Crippen molar-refractivity contribution in [1.82, 2.24) is 0 Å². The lowest BCUT2D eigenvalue weighted by molar-refractivity contribution is -0.138. The first-order valence-corrected chi connectivity index (χ1v) is 7.26. The smallest absolute Gasteiger partial charge is 0.330 e. The molecular weight excluding hydrogens is 358 g/mol. The second kappa shape index (κ2) is 6.83.